The molecule has 2 aromatic rings. The van der Waals surface area contributed by atoms with Crippen LogP contribution in [0.5, 0.6) is 0 Å². The molecule has 0 saturated heterocycles. The Morgan fingerprint density at radius 3 is 2.11 bits per heavy atom. The number of rotatable bonds is 16. The summed E-state index contributed by atoms with van der Waals surface area (Å²) in [5, 5.41) is 1.95. The summed E-state index contributed by atoms with van der Waals surface area (Å²) in [5.41, 5.74) is 0. The molecule has 0 heterocycles. The van der Waals surface area contributed by atoms with Gasteiger partial charge in [-0.05, 0) is 47.2 Å². The molecule has 240 valence electrons. The molecule has 0 spiro atoms. The number of alkyl halides is 2. The van der Waals surface area contributed by atoms with E-state index < -0.39 is 26.3 Å². The molecule has 0 bridgehead atoms. The predicted molar refractivity (Wildman–Crippen MR) is 177 cm³/mol. The molecular formula is C37H50F2O4Si. The SMILES string of the molecule is CCCCCC(F)(F)C=C[C@@H]1C(=O)C[C@@H](O[Si](c2ccccc2)(c2ccccc2)C(C)(C)C)[C@@H]1CC=CCCCC(=O)OC. The van der Waals surface area contributed by atoms with Gasteiger partial charge in [-0.1, -0.05) is 119 Å². The van der Waals surface area contributed by atoms with E-state index in [1.165, 1.54) is 13.2 Å². The number of ether oxygens (including phenoxy) is 1. The first kappa shape index (κ1) is 35.6. The third kappa shape index (κ3) is 9.30. The third-order valence-electron chi connectivity index (χ3n) is 8.67. The van der Waals surface area contributed by atoms with Crippen LogP contribution in [0.3, 0.4) is 0 Å². The van der Waals surface area contributed by atoms with E-state index >= 15 is 0 Å². The number of Topliss-reactive ketones (excluding diaryl/α,β-unsaturated/α-hetero) is 1. The van der Waals surface area contributed by atoms with Gasteiger partial charge in [0.25, 0.3) is 14.2 Å². The zero-order valence-electron chi connectivity index (χ0n) is 27.1. The van der Waals surface area contributed by atoms with Gasteiger partial charge in [-0.2, -0.15) is 0 Å². The maximum absolute atomic E-state index is 14.8. The molecule has 4 nitrogen and oxygen atoms in total. The predicted octanol–water partition coefficient (Wildman–Crippen LogP) is 8.20. The van der Waals surface area contributed by atoms with Crippen LogP contribution in [0.2, 0.25) is 5.04 Å². The van der Waals surface area contributed by atoms with Crippen LogP contribution in [0.4, 0.5) is 8.78 Å². The van der Waals surface area contributed by atoms with Crippen LogP contribution in [-0.2, 0) is 18.8 Å². The van der Waals surface area contributed by atoms with Crippen LogP contribution in [0, 0.1) is 11.8 Å². The van der Waals surface area contributed by atoms with Crippen LogP contribution >= 0.6 is 0 Å². The topological polar surface area (TPSA) is 52.6 Å². The van der Waals surface area contributed by atoms with Crippen LogP contribution in [-0.4, -0.2) is 39.2 Å². The Bertz CT molecular complexity index is 1200. The van der Waals surface area contributed by atoms with E-state index in [1.807, 2.05) is 55.5 Å². The molecule has 3 rings (SSSR count). The highest BCUT2D eigenvalue weighted by molar-refractivity contribution is 6.99. The molecule has 0 radical (unpaired) electrons. The molecule has 1 saturated carbocycles. The minimum atomic E-state index is -2.97. The number of carbonyl (C=O) groups is 2. The molecule has 1 aliphatic carbocycles. The number of esters is 1. The molecule has 2 aromatic carbocycles. The summed E-state index contributed by atoms with van der Waals surface area (Å²) in [4.78, 5) is 25.1. The lowest BCUT2D eigenvalue weighted by Crippen LogP contribution is -2.68. The normalized spacial score (nSPS) is 19.7. The molecule has 1 aliphatic rings. The number of methoxy groups -OCH3 is 1. The summed E-state index contributed by atoms with van der Waals surface area (Å²) in [7, 11) is -1.60. The van der Waals surface area contributed by atoms with E-state index in [4.69, 9.17) is 9.16 Å². The quantitative estimate of drug-likeness (QED) is 0.0818. The van der Waals surface area contributed by atoms with Crippen molar-refractivity contribution in [3.63, 3.8) is 0 Å². The second-order valence-corrected chi connectivity index (χ2v) is 17.2. The molecule has 3 atom stereocenters. The fraction of sp³-hybridized carbons (Fsp3) is 0.514. The van der Waals surface area contributed by atoms with Crippen molar-refractivity contribution in [1.82, 2.24) is 0 Å². The van der Waals surface area contributed by atoms with Gasteiger partial charge in [0.05, 0.1) is 13.2 Å². The lowest BCUT2D eigenvalue weighted by Gasteiger charge is -2.45. The maximum atomic E-state index is 14.8. The minimum Gasteiger partial charge on any atom is -0.469 e. The summed E-state index contributed by atoms with van der Waals surface area (Å²) in [6.45, 7) is 8.58. The molecule has 1 fully saturated rings. The number of unbranched alkanes of at least 4 members (excludes halogenated alkanes) is 3. The van der Waals surface area contributed by atoms with Crippen molar-refractivity contribution in [2.24, 2.45) is 11.8 Å². The average molecular weight is 625 g/mol. The van der Waals surface area contributed by atoms with Crippen LogP contribution in [0.1, 0.15) is 85.5 Å². The van der Waals surface area contributed by atoms with Crippen molar-refractivity contribution >= 4 is 30.4 Å². The molecule has 0 unspecified atom stereocenters. The van der Waals surface area contributed by atoms with E-state index in [9.17, 15) is 18.4 Å². The molecule has 0 aliphatic heterocycles. The average Bonchev–Trinajstić information content (AvgIpc) is 3.29. The number of halogens is 2. The number of hydrogen-bond acceptors (Lipinski definition) is 4. The van der Waals surface area contributed by atoms with Crippen LogP contribution in [0.25, 0.3) is 0 Å². The Hall–Kier alpha value is -2.90. The maximum Gasteiger partial charge on any atom is 0.305 e. The Kier molecular flexibility index (Phi) is 13.3. The van der Waals surface area contributed by atoms with Gasteiger partial charge in [-0.15, -0.1) is 0 Å². The first-order valence-electron chi connectivity index (χ1n) is 16.1. The fourth-order valence-corrected chi connectivity index (χ4v) is 11.1. The number of carbonyl (C=O) groups excluding carboxylic acids is 2. The summed E-state index contributed by atoms with van der Waals surface area (Å²) < 4.78 is 41.8. The molecule has 0 N–H and O–H groups in total. The number of ketones is 1. The Morgan fingerprint density at radius 2 is 1.57 bits per heavy atom. The Balaban J connectivity index is 1.99. The standard InChI is InChI=1S/C37H50F2O4Si/c1-6-7-18-26-37(38,39)27-25-31-32(23-16-8-9-17-24-35(41)42-5)34(28-33(31)40)43-44(36(2,3)4,29-19-12-10-13-20-29)30-21-14-11-15-22-30/h8,10-16,19-22,25,27,31-32,34H,6-7,9,17-18,23-24,26,28H2,1-5H3/t31-,32+,34+/m0/s1. The highest BCUT2D eigenvalue weighted by Gasteiger charge is 2.54. The highest BCUT2D eigenvalue weighted by Crippen LogP contribution is 2.43. The van der Waals surface area contributed by atoms with Crippen molar-refractivity contribution in [3.05, 3.63) is 85.0 Å². The fourth-order valence-electron chi connectivity index (χ4n) is 6.33. The first-order valence-corrected chi connectivity index (χ1v) is 18.0. The number of hydrogen-bond donors (Lipinski definition) is 0. The molecular weight excluding hydrogens is 574 g/mol. The zero-order chi connectivity index (χ0) is 32.2. The van der Waals surface area contributed by atoms with E-state index in [0.29, 0.717) is 32.1 Å². The van der Waals surface area contributed by atoms with Gasteiger partial charge in [0.2, 0.25) is 0 Å². The Morgan fingerprint density at radius 1 is 0.955 bits per heavy atom. The van der Waals surface area contributed by atoms with Gasteiger partial charge < -0.3 is 9.16 Å². The number of allylic oxidation sites excluding steroid dienone is 4. The summed E-state index contributed by atoms with van der Waals surface area (Å²) >= 11 is 0. The van der Waals surface area contributed by atoms with Crippen molar-refractivity contribution < 1.29 is 27.5 Å². The third-order valence-corrected chi connectivity index (χ3v) is 13.7. The van der Waals surface area contributed by atoms with E-state index in [2.05, 4.69) is 45.0 Å². The van der Waals surface area contributed by atoms with E-state index in [-0.39, 0.29) is 35.6 Å². The van der Waals surface area contributed by atoms with E-state index in [1.54, 1.807) is 0 Å². The molecule has 0 amide bonds. The molecule has 44 heavy (non-hydrogen) atoms. The van der Waals surface area contributed by atoms with Gasteiger partial charge in [0.15, 0.2) is 0 Å². The largest absolute Gasteiger partial charge is 0.469 e. The Labute approximate surface area is 264 Å². The van der Waals surface area contributed by atoms with Crippen LogP contribution < -0.4 is 10.4 Å². The lowest BCUT2D eigenvalue weighted by atomic mass is 9.90. The van der Waals surface area contributed by atoms with Gasteiger partial charge in [0.1, 0.15) is 5.78 Å². The van der Waals surface area contributed by atoms with Crippen LogP contribution in [0.15, 0.2) is 85.0 Å². The van der Waals surface area contributed by atoms with Gasteiger partial charge in [0, 0.05) is 31.1 Å². The second-order valence-electron chi connectivity index (χ2n) is 12.9. The summed E-state index contributed by atoms with van der Waals surface area (Å²) in [6, 6.07) is 20.5. The van der Waals surface area contributed by atoms with Crippen molar-refractivity contribution in [3.8, 4) is 0 Å². The summed E-state index contributed by atoms with van der Waals surface area (Å²) in [5.74, 6) is -4.21. The zero-order valence-corrected chi connectivity index (χ0v) is 28.1. The smallest absolute Gasteiger partial charge is 0.305 e. The molecule has 7 heteroatoms. The molecule has 0 aromatic heterocycles. The summed E-state index contributed by atoms with van der Waals surface area (Å²) in [6.07, 6.45) is 10.2. The van der Waals surface area contributed by atoms with Crippen molar-refractivity contribution in [1.29, 1.82) is 0 Å². The lowest BCUT2D eigenvalue weighted by molar-refractivity contribution is -0.140. The van der Waals surface area contributed by atoms with Crippen molar-refractivity contribution in [2.75, 3.05) is 7.11 Å². The van der Waals surface area contributed by atoms with Gasteiger partial charge in [-0.25, -0.2) is 8.78 Å². The van der Waals surface area contributed by atoms with Crippen molar-refractivity contribution in [2.45, 2.75) is 103 Å². The van der Waals surface area contributed by atoms with E-state index in [0.717, 1.165) is 29.3 Å². The van der Waals surface area contributed by atoms with Gasteiger partial charge >= 0.3 is 5.97 Å². The minimum absolute atomic E-state index is 0.0577. The first-order chi connectivity index (χ1) is 20.9. The monoisotopic (exact) mass is 624 g/mol. The second kappa shape index (κ2) is 16.4. The number of benzene rings is 2. The highest BCUT2D eigenvalue weighted by atomic mass is 28.4. The van der Waals surface area contributed by atoms with Gasteiger partial charge in [-0.3, -0.25) is 9.59 Å².